The van der Waals surface area contributed by atoms with Gasteiger partial charge in [0.1, 0.15) is 0 Å². The molecule has 0 saturated carbocycles. The summed E-state index contributed by atoms with van der Waals surface area (Å²) in [6, 6.07) is 7.60. The number of aryl methyl sites for hydroxylation is 1. The van der Waals surface area contributed by atoms with Crippen LogP contribution >= 0.6 is 0 Å². The molecule has 20 heavy (non-hydrogen) atoms. The summed E-state index contributed by atoms with van der Waals surface area (Å²) in [4.78, 5) is 20.2. The fourth-order valence-corrected chi connectivity index (χ4v) is 1.61. The van der Waals surface area contributed by atoms with Gasteiger partial charge in [0.05, 0.1) is 5.56 Å². The Bertz CT molecular complexity index is 608. The van der Waals surface area contributed by atoms with Crippen molar-refractivity contribution in [3.05, 3.63) is 60.4 Å². The van der Waals surface area contributed by atoms with Crippen molar-refractivity contribution in [1.29, 1.82) is 0 Å². The average molecular weight is 268 g/mol. The molecule has 102 valence electrons. The first-order valence-electron chi connectivity index (χ1n) is 6.24. The number of hydrogen-bond donors (Lipinski definition) is 2. The second-order valence-electron chi connectivity index (χ2n) is 4.23. The molecule has 2 N–H and O–H groups in total. The fourth-order valence-electron chi connectivity index (χ4n) is 1.61. The lowest BCUT2D eigenvalue weighted by Crippen LogP contribution is -2.14. The number of nitrogens with one attached hydrogen (secondary N) is 2. The average Bonchev–Trinajstić information content (AvgIpc) is 2.48. The van der Waals surface area contributed by atoms with Crippen LogP contribution in [0, 0.1) is 6.92 Å². The molecule has 1 aromatic carbocycles. The molecule has 1 aromatic heterocycles. The van der Waals surface area contributed by atoms with E-state index in [-0.39, 0.29) is 5.91 Å². The highest BCUT2D eigenvalue weighted by Crippen LogP contribution is 2.14. The summed E-state index contributed by atoms with van der Waals surface area (Å²) in [5.74, 6) is 0.243. The van der Waals surface area contributed by atoms with E-state index >= 15 is 0 Å². The van der Waals surface area contributed by atoms with Crippen molar-refractivity contribution < 1.29 is 4.79 Å². The molecule has 2 aromatic rings. The summed E-state index contributed by atoms with van der Waals surface area (Å²) < 4.78 is 0. The number of rotatable bonds is 5. The third-order valence-corrected chi connectivity index (χ3v) is 2.71. The van der Waals surface area contributed by atoms with E-state index in [2.05, 4.69) is 27.2 Å². The van der Waals surface area contributed by atoms with Crippen LogP contribution in [0.4, 0.5) is 11.6 Å². The molecule has 0 atom stereocenters. The van der Waals surface area contributed by atoms with E-state index in [1.54, 1.807) is 6.08 Å². The largest absolute Gasteiger partial charge is 0.351 e. The lowest BCUT2D eigenvalue weighted by molar-refractivity contribution is 0.102. The van der Waals surface area contributed by atoms with Gasteiger partial charge in [-0.15, -0.1) is 6.58 Å². The first kappa shape index (κ1) is 13.7. The lowest BCUT2D eigenvalue weighted by atomic mass is 10.2. The molecule has 0 spiro atoms. The lowest BCUT2D eigenvalue weighted by Gasteiger charge is -2.08. The Morgan fingerprint density at radius 3 is 2.65 bits per heavy atom. The predicted octanol–water partition coefficient (Wildman–Crippen LogP) is 2.64. The molecule has 0 aliphatic heterocycles. The SMILES string of the molecule is C=CCNc1ncc(C(=O)Nc2ccccc2C)cn1. The van der Waals surface area contributed by atoms with Crippen LogP contribution < -0.4 is 10.6 Å². The van der Waals surface area contributed by atoms with E-state index in [9.17, 15) is 4.79 Å². The van der Waals surface area contributed by atoms with Crippen molar-refractivity contribution in [3.63, 3.8) is 0 Å². The zero-order valence-electron chi connectivity index (χ0n) is 11.3. The predicted molar refractivity (Wildman–Crippen MR) is 79.9 cm³/mol. The Morgan fingerprint density at radius 1 is 1.30 bits per heavy atom. The van der Waals surface area contributed by atoms with Gasteiger partial charge in [0.25, 0.3) is 5.91 Å². The highest BCUT2D eigenvalue weighted by molar-refractivity contribution is 6.04. The number of amides is 1. The van der Waals surface area contributed by atoms with Crippen molar-refractivity contribution in [2.75, 3.05) is 17.2 Å². The number of benzene rings is 1. The summed E-state index contributed by atoms with van der Waals surface area (Å²) in [5.41, 5.74) is 2.20. The molecule has 5 nitrogen and oxygen atoms in total. The number of hydrogen-bond acceptors (Lipinski definition) is 4. The van der Waals surface area contributed by atoms with Gasteiger partial charge in [-0.25, -0.2) is 9.97 Å². The van der Waals surface area contributed by atoms with Gasteiger partial charge in [-0.1, -0.05) is 24.3 Å². The number of carbonyl (C=O) groups is 1. The molecule has 2 rings (SSSR count). The van der Waals surface area contributed by atoms with Crippen LogP contribution in [-0.4, -0.2) is 22.4 Å². The van der Waals surface area contributed by atoms with E-state index < -0.39 is 0 Å². The van der Waals surface area contributed by atoms with Gasteiger partial charge in [0.15, 0.2) is 0 Å². The Balaban J connectivity index is 2.06. The van der Waals surface area contributed by atoms with Gasteiger partial charge >= 0.3 is 0 Å². The zero-order chi connectivity index (χ0) is 14.4. The number of anilines is 2. The minimum atomic E-state index is -0.227. The molecule has 0 bridgehead atoms. The molecule has 0 radical (unpaired) electrons. The van der Waals surface area contributed by atoms with Gasteiger partial charge < -0.3 is 10.6 Å². The van der Waals surface area contributed by atoms with Gasteiger partial charge in [-0.3, -0.25) is 4.79 Å². The smallest absolute Gasteiger partial charge is 0.258 e. The Morgan fingerprint density at radius 2 is 2.00 bits per heavy atom. The highest BCUT2D eigenvalue weighted by atomic mass is 16.1. The second-order valence-corrected chi connectivity index (χ2v) is 4.23. The number of aromatic nitrogens is 2. The molecule has 0 aliphatic carbocycles. The Labute approximate surface area is 117 Å². The summed E-state index contributed by atoms with van der Waals surface area (Å²) in [5, 5.41) is 5.78. The van der Waals surface area contributed by atoms with E-state index in [1.165, 1.54) is 12.4 Å². The summed E-state index contributed by atoms with van der Waals surface area (Å²) >= 11 is 0. The van der Waals surface area contributed by atoms with Crippen molar-refractivity contribution in [1.82, 2.24) is 9.97 Å². The normalized spacial score (nSPS) is 9.85. The quantitative estimate of drug-likeness (QED) is 0.818. The number of nitrogens with zero attached hydrogens (tertiary/aromatic N) is 2. The minimum absolute atomic E-state index is 0.227. The van der Waals surface area contributed by atoms with Crippen LogP contribution in [0.25, 0.3) is 0 Å². The van der Waals surface area contributed by atoms with E-state index in [4.69, 9.17) is 0 Å². The monoisotopic (exact) mass is 268 g/mol. The second kappa shape index (κ2) is 6.47. The Kier molecular flexibility index (Phi) is 4.44. The molecule has 0 fully saturated rings. The fraction of sp³-hybridized carbons (Fsp3) is 0.133. The maximum atomic E-state index is 12.1. The number of para-hydroxylation sites is 1. The van der Waals surface area contributed by atoms with Crippen molar-refractivity contribution in [3.8, 4) is 0 Å². The van der Waals surface area contributed by atoms with Crippen molar-refractivity contribution >= 4 is 17.5 Å². The molecule has 5 heteroatoms. The Hall–Kier alpha value is -2.69. The van der Waals surface area contributed by atoms with Gasteiger partial charge in [0, 0.05) is 24.6 Å². The summed E-state index contributed by atoms with van der Waals surface area (Å²) in [6.07, 6.45) is 4.69. The summed E-state index contributed by atoms with van der Waals surface area (Å²) in [6.45, 7) is 6.11. The topological polar surface area (TPSA) is 66.9 Å². The minimum Gasteiger partial charge on any atom is -0.351 e. The van der Waals surface area contributed by atoms with Crippen LogP contribution in [0.5, 0.6) is 0 Å². The van der Waals surface area contributed by atoms with E-state index in [0.29, 0.717) is 18.1 Å². The van der Waals surface area contributed by atoms with Crippen molar-refractivity contribution in [2.24, 2.45) is 0 Å². The third kappa shape index (κ3) is 3.41. The van der Waals surface area contributed by atoms with E-state index in [0.717, 1.165) is 11.3 Å². The third-order valence-electron chi connectivity index (χ3n) is 2.71. The van der Waals surface area contributed by atoms with Crippen LogP contribution in [0.2, 0.25) is 0 Å². The maximum Gasteiger partial charge on any atom is 0.258 e. The molecule has 1 amide bonds. The first-order valence-corrected chi connectivity index (χ1v) is 6.24. The molecule has 0 unspecified atom stereocenters. The molecular formula is C15H16N4O. The molecule has 0 aliphatic rings. The number of carbonyl (C=O) groups excluding carboxylic acids is 1. The van der Waals surface area contributed by atoms with Crippen LogP contribution in [-0.2, 0) is 0 Å². The standard InChI is InChI=1S/C15H16N4O/c1-3-8-16-15-17-9-12(10-18-15)14(20)19-13-7-5-4-6-11(13)2/h3-7,9-10H,1,8H2,2H3,(H,19,20)(H,16,17,18). The maximum absolute atomic E-state index is 12.1. The van der Waals surface area contributed by atoms with Gasteiger partial charge in [-0.2, -0.15) is 0 Å². The van der Waals surface area contributed by atoms with Crippen molar-refractivity contribution in [2.45, 2.75) is 6.92 Å². The zero-order valence-corrected chi connectivity index (χ0v) is 11.3. The molecule has 0 saturated heterocycles. The first-order chi connectivity index (χ1) is 9.70. The molecular weight excluding hydrogens is 252 g/mol. The van der Waals surface area contributed by atoms with Gasteiger partial charge in [0.2, 0.25) is 5.95 Å². The van der Waals surface area contributed by atoms with Crippen LogP contribution in [0.3, 0.4) is 0 Å². The molecule has 1 heterocycles. The van der Waals surface area contributed by atoms with Crippen LogP contribution in [0.1, 0.15) is 15.9 Å². The van der Waals surface area contributed by atoms with Gasteiger partial charge in [-0.05, 0) is 18.6 Å². The summed E-state index contributed by atoms with van der Waals surface area (Å²) in [7, 11) is 0. The van der Waals surface area contributed by atoms with E-state index in [1.807, 2.05) is 31.2 Å². The highest BCUT2D eigenvalue weighted by Gasteiger charge is 2.08. The van der Waals surface area contributed by atoms with Crippen LogP contribution in [0.15, 0.2) is 49.3 Å².